The maximum atomic E-state index is 12.9. The monoisotopic (exact) mass is 919 g/mol. The van der Waals surface area contributed by atoms with E-state index in [1.165, 1.54) is 218 Å². The summed E-state index contributed by atoms with van der Waals surface area (Å²) in [5, 5.41) is 0. The van der Waals surface area contributed by atoms with E-state index < -0.39 is 6.10 Å². The molecule has 0 aromatic heterocycles. The van der Waals surface area contributed by atoms with Crippen LogP contribution < -0.4 is 0 Å². The van der Waals surface area contributed by atoms with E-state index in [1.54, 1.807) is 0 Å². The van der Waals surface area contributed by atoms with Crippen LogP contribution in [0.1, 0.15) is 330 Å². The zero-order valence-corrected chi connectivity index (χ0v) is 44.6. The highest BCUT2D eigenvalue weighted by atomic mass is 16.6. The highest BCUT2D eigenvalue weighted by molar-refractivity contribution is 5.71. The molecule has 0 radical (unpaired) electrons. The summed E-state index contributed by atoms with van der Waals surface area (Å²) in [6.45, 7) is 11.5. The summed E-state index contributed by atoms with van der Waals surface area (Å²) in [6, 6.07) is 0. The van der Waals surface area contributed by atoms with Crippen molar-refractivity contribution in [2.45, 2.75) is 336 Å². The van der Waals surface area contributed by atoms with Gasteiger partial charge in [-0.2, -0.15) is 0 Å². The van der Waals surface area contributed by atoms with Gasteiger partial charge in [-0.3, -0.25) is 14.4 Å². The average molecular weight is 920 g/mol. The van der Waals surface area contributed by atoms with Crippen LogP contribution in [0.2, 0.25) is 0 Å². The molecular formula is C59H114O6. The Morgan fingerprint density at radius 2 is 0.585 bits per heavy atom. The van der Waals surface area contributed by atoms with Crippen molar-refractivity contribution < 1.29 is 28.6 Å². The Morgan fingerprint density at radius 1 is 0.323 bits per heavy atom. The molecule has 0 saturated carbocycles. The molecule has 6 nitrogen and oxygen atoms in total. The van der Waals surface area contributed by atoms with Crippen molar-refractivity contribution >= 4 is 17.9 Å². The zero-order valence-electron chi connectivity index (χ0n) is 44.6. The van der Waals surface area contributed by atoms with Crippen molar-refractivity contribution in [1.82, 2.24) is 0 Å². The first-order chi connectivity index (χ1) is 31.8. The first-order valence-electron chi connectivity index (χ1n) is 29.3. The third-order valence-electron chi connectivity index (χ3n) is 13.8. The van der Waals surface area contributed by atoms with Gasteiger partial charge in [0.05, 0.1) is 0 Å². The molecule has 65 heavy (non-hydrogen) atoms. The van der Waals surface area contributed by atoms with Crippen LogP contribution in [-0.2, 0) is 28.6 Å². The van der Waals surface area contributed by atoms with Gasteiger partial charge in [0.25, 0.3) is 0 Å². The Kier molecular flexibility index (Phi) is 50.5. The van der Waals surface area contributed by atoms with E-state index in [-0.39, 0.29) is 31.1 Å². The number of hydrogen-bond acceptors (Lipinski definition) is 6. The Bertz CT molecular complexity index is 995. The van der Waals surface area contributed by atoms with Gasteiger partial charge in [0.1, 0.15) is 13.2 Å². The molecule has 0 aliphatic carbocycles. The summed E-state index contributed by atoms with van der Waals surface area (Å²) in [5.41, 5.74) is 0. The first-order valence-corrected chi connectivity index (χ1v) is 29.3. The second-order valence-corrected chi connectivity index (χ2v) is 21.0. The van der Waals surface area contributed by atoms with Crippen molar-refractivity contribution in [3.05, 3.63) is 0 Å². The maximum Gasteiger partial charge on any atom is 0.306 e. The maximum absolute atomic E-state index is 12.9. The van der Waals surface area contributed by atoms with Gasteiger partial charge >= 0.3 is 17.9 Å². The predicted octanol–water partition coefficient (Wildman–Crippen LogP) is 19.3. The van der Waals surface area contributed by atoms with Crippen LogP contribution in [0.25, 0.3) is 0 Å². The normalized spacial score (nSPS) is 12.5. The number of rotatable bonds is 53. The van der Waals surface area contributed by atoms with Gasteiger partial charge in [-0.15, -0.1) is 0 Å². The van der Waals surface area contributed by atoms with Gasteiger partial charge in [-0.1, -0.05) is 291 Å². The lowest BCUT2D eigenvalue weighted by molar-refractivity contribution is -0.167. The molecule has 0 rings (SSSR count). The van der Waals surface area contributed by atoms with Crippen LogP contribution in [0.15, 0.2) is 0 Å². The molecule has 0 spiro atoms. The number of esters is 3. The van der Waals surface area contributed by atoms with E-state index >= 15 is 0 Å². The Labute approximate surface area is 406 Å². The summed E-state index contributed by atoms with van der Waals surface area (Å²) < 4.78 is 16.9. The molecule has 0 saturated heterocycles. The highest BCUT2D eigenvalue weighted by Crippen LogP contribution is 2.19. The van der Waals surface area contributed by atoms with E-state index in [0.717, 1.165) is 69.6 Å². The summed E-state index contributed by atoms with van der Waals surface area (Å²) in [5.74, 6) is 0.890. The minimum Gasteiger partial charge on any atom is -0.462 e. The molecule has 2 atom stereocenters. The quantitative estimate of drug-likeness (QED) is 0.0344. The lowest BCUT2D eigenvalue weighted by atomic mass is 9.99. The fourth-order valence-electron chi connectivity index (χ4n) is 9.02. The van der Waals surface area contributed by atoms with Crippen LogP contribution >= 0.6 is 0 Å². The predicted molar refractivity (Wildman–Crippen MR) is 280 cm³/mol. The SMILES string of the molecule is CCCCCCCCCCCCCCCCC(=O)OC[C@H](COC(=O)CCCCCCCCCCCCCCC(C)C)OC(=O)CCCCCCCCCCCCCCCCC(C)CC. The van der Waals surface area contributed by atoms with Crippen molar-refractivity contribution in [2.75, 3.05) is 13.2 Å². The zero-order chi connectivity index (χ0) is 47.5. The smallest absolute Gasteiger partial charge is 0.306 e. The number of unbranched alkanes of at least 4 members (excludes halogenated alkanes) is 37. The molecule has 0 fully saturated rings. The van der Waals surface area contributed by atoms with Crippen LogP contribution in [0, 0.1) is 11.8 Å². The molecule has 0 N–H and O–H groups in total. The van der Waals surface area contributed by atoms with E-state index in [0.29, 0.717) is 19.3 Å². The molecule has 0 aromatic carbocycles. The third-order valence-corrected chi connectivity index (χ3v) is 13.8. The highest BCUT2D eigenvalue weighted by Gasteiger charge is 2.19. The van der Waals surface area contributed by atoms with Gasteiger partial charge in [-0.05, 0) is 31.1 Å². The number of hydrogen-bond donors (Lipinski definition) is 0. The summed E-state index contributed by atoms with van der Waals surface area (Å²) in [6.07, 6.45) is 55.1. The fraction of sp³-hybridized carbons (Fsp3) is 0.949. The third kappa shape index (κ3) is 51.6. The molecule has 0 heterocycles. The largest absolute Gasteiger partial charge is 0.462 e. The molecule has 0 amide bonds. The molecule has 0 aromatic rings. The fourth-order valence-corrected chi connectivity index (χ4v) is 9.02. The van der Waals surface area contributed by atoms with Crippen LogP contribution in [0.4, 0.5) is 0 Å². The molecular weight excluding hydrogens is 805 g/mol. The minimum atomic E-state index is -0.763. The first kappa shape index (κ1) is 63.4. The van der Waals surface area contributed by atoms with Gasteiger partial charge < -0.3 is 14.2 Å². The molecule has 1 unspecified atom stereocenters. The standard InChI is InChI=1S/C59H114O6/c1-6-8-9-10-11-12-13-14-18-24-29-34-39-44-49-57(60)63-52-56(53-64-58(61)50-45-40-35-30-25-21-20-22-27-32-37-42-47-54(3)4)65-59(62)51-46-41-36-31-26-19-16-15-17-23-28-33-38-43-48-55(5)7-2/h54-56H,6-53H2,1-5H3/t55?,56-/m1/s1. The van der Waals surface area contributed by atoms with Gasteiger partial charge in [0.15, 0.2) is 6.10 Å². The minimum absolute atomic E-state index is 0.0625. The van der Waals surface area contributed by atoms with E-state index in [1.807, 2.05) is 0 Å². The average Bonchev–Trinajstić information content (AvgIpc) is 3.29. The van der Waals surface area contributed by atoms with Crippen molar-refractivity contribution in [3.63, 3.8) is 0 Å². The topological polar surface area (TPSA) is 78.9 Å². The van der Waals surface area contributed by atoms with Gasteiger partial charge in [-0.25, -0.2) is 0 Å². The van der Waals surface area contributed by atoms with E-state index in [4.69, 9.17) is 14.2 Å². The lowest BCUT2D eigenvalue weighted by Crippen LogP contribution is -2.30. The molecule has 386 valence electrons. The Hall–Kier alpha value is -1.59. The van der Waals surface area contributed by atoms with Gasteiger partial charge in [0.2, 0.25) is 0 Å². The van der Waals surface area contributed by atoms with Gasteiger partial charge in [0, 0.05) is 19.3 Å². The Morgan fingerprint density at radius 3 is 0.877 bits per heavy atom. The van der Waals surface area contributed by atoms with Crippen LogP contribution in [0.3, 0.4) is 0 Å². The molecule has 0 aliphatic heterocycles. The molecule has 6 heteroatoms. The molecule has 0 aliphatic rings. The number of ether oxygens (including phenoxy) is 3. The van der Waals surface area contributed by atoms with Crippen molar-refractivity contribution in [1.29, 1.82) is 0 Å². The number of carbonyl (C=O) groups excluding carboxylic acids is 3. The van der Waals surface area contributed by atoms with E-state index in [2.05, 4.69) is 34.6 Å². The van der Waals surface area contributed by atoms with Crippen LogP contribution in [-0.4, -0.2) is 37.2 Å². The second-order valence-electron chi connectivity index (χ2n) is 21.0. The van der Waals surface area contributed by atoms with Crippen LogP contribution in [0.5, 0.6) is 0 Å². The summed E-state index contributed by atoms with van der Waals surface area (Å²) in [7, 11) is 0. The second kappa shape index (κ2) is 51.8. The van der Waals surface area contributed by atoms with E-state index in [9.17, 15) is 14.4 Å². The van der Waals surface area contributed by atoms with Crippen molar-refractivity contribution in [2.24, 2.45) is 11.8 Å². The number of carbonyl (C=O) groups is 3. The summed E-state index contributed by atoms with van der Waals surface area (Å²) in [4.78, 5) is 38.2. The summed E-state index contributed by atoms with van der Waals surface area (Å²) >= 11 is 0. The Balaban J connectivity index is 4.30. The van der Waals surface area contributed by atoms with Crippen molar-refractivity contribution in [3.8, 4) is 0 Å². The lowest BCUT2D eigenvalue weighted by Gasteiger charge is -2.18. The molecule has 0 bridgehead atoms.